The van der Waals surface area contributed by atoms with E-state index in [1.54, 1.807) is 6.21 Å². The number of nitrogens with one attached hydrogen (secondary N) is 1. The van der Waals surface area contributed by atoms with Gasteiger partial charge in [0.2, 0.25) is 0 Å². The van der Waals surface area contributed by atoms with E-state index in [9.17, 15) is 4.79 Å². The van der Waals surface area contributed by atoms with Crippen LogP contribution in [0.2, 0.25) is 0 Å². The highest BCUT2D eigenvalue weighted by Gasteiger charge is 1.97. The Balaban J connectivity index is 2.18. The number of amides is 2. The number of nitrogens with two attached hydrogens (primary N) is 1. The van der Waals surface area contributed by atoms with E-state index in [0.29, 0.717) is 6.42 Å². The Morgan fingerprint density at radius 1 is 1.24 bits per heavy atom. The molecule has 0 aromatic heterocycles. The summed E-state index contributed by atoms with van der Waals surface area (Å²) in [6, 6.07) is 13.6. The van der Waals surface area contributed by atoms with Crippen LogP contribution in [0.4, 0.5) is 4.79 Å². The third-order valence-electron chi connectivity index (χ3n) is 2.46. The third kappa shape index (κ3) is 2.81. The second-order valence-electron chi connectivity index (χ2n) is 3.63. The highest BCUT2D eigenvalue weighted by atomic mass is 16.2. The molecule has 0 bridgehead atoms. The minimum absolute atomic E-state index is 0.654. The second kappa shape index (κ2) is 5.12. The molecule has 0 atom stereocenters. The summed E-state index contributed by atoms with van der Waals surface area (Å²) in [6.45, 7) is 0. The smallest absolute Gasteiger partial charge is 0.332 e. The number of hydrogen-bond donors (Lipinski definition) is 2. The Hall–Kier alpha value is -2.36. The number of nitrogens with zero attached hydrogens (tertiary/aromatic N) is 1. The van der Waals surface area contributed by atoms with Crippen LogP contribution >= 0.6 is 0 Å². The number of fused-ring (bicyclic) bond motifs is 1. The maximum Gasteiger partial charge on any atom is 0.332 e. The second-order valence-corrected chi connectivity index (χ2v) is 3.63. The summed E-state index contributed by atoms with van der Waals surface area (Å²) in [5.74, 6) is 0. The van der Waals surface area contributed by atoms with E-state index in [1.165, 1.54) is 10.8 Å². The minimum Gasteiger partial charge on any atom is -0.350 e. The first-order valence-electron chi connectivity index (χ1n) is 5.31. The fourth-order valence-electron chi connectivity index (χ4n) is 1.72. The van der Waals surface area contributed by atoms with Crippen molar-refractivity contribution in [3.8, 4) is 0 Å². The molecule has 0 fully saturated rings. The summed E-state index contributed by atoms with van der Waals surface area (Å²) >= 11 is 0. The number of hydrazone groups is 1. The fourth-order valence-corrected chi connectivity index (χ4v) is 1.72. The Morgan fingerprint density at radius 2 is 2.00 bits per heavy atom. The Morgan fingerprint density at radius 3 is 2.82 bits per heavy atom. The zero-order valence-electron chi connectivity index (χ0n) is 9.26. The maximum atomic E-state index is 10.4. The van der Waals surface area contributed by atoms with Gasteiger partial charge in [0.25, 0.3) is 0 Å². The Labute approximate surface area is 99.1 Å². The summed E-state index contributed by atoms with van der Waals surface area (Å²) in [5.41, 5.74) is 8.24. The predicted molar refractivity (Wildman–Crippen MR) is 68.9 cm³/mol. The van der Waals surface area contributed by atoms with Crippen molar-refractivity contribution in [3.63, 3.8) is 0 Å². The quantitative estimate of drug-likeness (QED) is 0.611. The Bertz CT molecular complexity index is 558. The lowest BCUT2D eigenvalue weighted by atomic mass is 10.0. The molecule has 2 rings (SSSR count). The van der Waals surface area contributed by atoms with E-state index >= 15 is 0 Å². The molecule has 0 aliphatic heterocycles. The van der Waals surface area contributed by atoms with Crippen molar-refractivity contribution in [3.05, 3.63) is 48.0 Å². The molecule has 0 spiro atoms. The zero-order valence-corrected chi connectivity index (χ0v) is 9.26. The molecule has 2 aromatic carbocycles. The molecule has 2 aromatic rings. The first kappa shape index (κ1) is 11.1. The summed E-state index contributed by atoms with van der Waals surface area (Å²) < 4.78 is 0. The first-order valence-corrected chi connectivity index (χ1v) is 5.31. The van der Waals surface area contributed by atoms with Gasteiger partial charge in [0.15, 0.2) is 0 Å². The lowest BCUT2D eigenvalue weighted by Crippen LogP contribution is -2.24. The molecule has 3 N–H and O–H groups in total. The lowest BCUT2D eigenvalue weighted by Gasteiger charge is -2.03. The molecular formula is C13H13N3O. The van der Waals surface area contributed by atoms with Gasteiger partial charge in [-0.25, -0.2) is 10.2 Å². The van der Waals surface area contributed by atoms with Crippen molar-refractivity contribution < 1.29 is 4.79 Å². The third-order valence-corrected chi connectivity index (χ3v) is 2.46. The SMILES string of the molecule is NC(=O)N/N=C/Cc1cccc2ccccc12. The molecule has 2 amide bonds. The molecule has 0 radical (unpaired) electrons. The molecule has 4 heteroatoms. The van der Waals surface area contributed by atoms with E-state index in [0.717, 1.165) is 5.56 Å². The first-order chi connectivity index (χ1) is 8.27. The lowest BCUT2D eigenvalue weighted by molar-refractivity contribution is 0.249. The summed E-state index contributed by atoms with van der Waals surface area (Å²) in [7, 11) is 0. The number of carbonyl (C=O) groups excluding carboxylic acids is 1. The highest BCUT2D eigenvalue weighted by Crippen LogP contribution is 2.18. The van der Waals surface area contributed by atoms with Crippen LogP contribution in [0.25, 0.3) is 10.8 Å². The van der Waals surface area contributed by atoms with Crippen LogP contribution in [0.3, 0.4) is 0 Å². The summed E-state index contributed by atoms with van der Waals surface area (Å²) in [6.07, 6.45) is 2.29. The van der Waals surface area contributed by atoms with Gasteiger partial charge in [-0.15, -0.1) is 0 Å². The number of urea groups is 1. The van der Waals surface area contributed by atoms with Crippen LogP contribution in [0.15, 0.2) is 47.6 Å². The van der Waals surface area contributed by atoms with Gasteiger partial charge in [-0.05, 0) is 16.3 Å². The average Bonchev–Trinajstić information content (AvgIpc) is 2.34. The van der Waals surface area contributed by atoms with E-state index in [2.05, 4.69) is 28.7 Å². The summed E-state index contributed by atoms with van der Waals surface area (Å²) in [5, 5.41) is 6.11. The molecule has 0 saturated carbocycles. The molecule has 0 aliphatic rings. The normalized spacial score (nSPS) is 10.8. The van der Waals surface area contributed by atoms with Crippen molar-refractivity contribution in [1.29, 1.82) is 0 Å². The highest BCUT2D eigenvalue weighted by molar-refractivity contribution is 5.87. The van der Waals surface area contributed by atoms with Crippen LogP contribution in [-0.2, 0) is 6.42 Å². The van der Waals surface area contributed by atoms with Crippen LogP contribution in [-0.4, -0.2) is 12.2 Å². The van der Waals surface area contributed by atoms with Gasteiger partial charge in [-0.2, -0.15) is 5.10 Å². The maximum absolute atomic E-state index is 10.4. The molecule has 4 nitrogen and oxygen atoms in total. The number of primary amides is 1. The van der Waals surface area contributed by atoms with Crippen molar-refractivity contribution in [2.45, 2.75) is 6.42 Å². The largest absolute Gasteiger partial charge is 0.350 e. The standard InChI is InChI=1S/C13H13N3O/c14-13(17)16-15-9-8-11-6-3-5-10-4-1-2-7-12(10)11/h1-7,9H,8H2,(H3,14,16,17)/b15-9+. The predicted octanol–water partition coefficient (Wildman–Crippen LogP) is 2.04. The Kier molecular flexibility index (Phi) is 3.35. The summed E-state index contributed by atoms with van der Waals surface area (Å²) in [4.78, 5) is 10.4. The van der Waals surface area contributed by atoms with E-state index < -0.39 is 6.03 Å². The zero-order chi connectivity index (χ0) is 12.1. The van der Waals surface area contributed by atoms with E-state index in [-0.39, 0.29) is 0 Å². The molecule has 17 heavy (non-hydrogen) atoms. The van der Waals surface area contributed by atoms with Crippen LogP contribution in [0, 0.1) is 0 Å². The number of rotatable bonds is 3. The number of hydrogen-bond acceptors (Lipinski definition) is 2. The molecular weight excluding hydrogens is 214 g/mol. The monoisotopic (exact) mass is 227 g/mol. The van der Waals surface area contributed by atoms with Crippen molar-refractivity contribution in [2.75, 3.05) is 0 Å². The molecule has 0 saturated heterocycles. The fraction of sp³-hybridized carbons (Fsp3) is 0.0769. The van der Waals surface area contributed by atoms with Crippen molar-refractivity contribution in [2.24, 2.45) is 10.8 Å². The molecule has 86 valence electrons. The topological polar surface area (TPSA) is 67.5 Å². The molecule has 0 unspecified atom stereocenters. The van der Waals surface area contributed by atoms with E-state index in [1.807, 2.05) is 24.3 Å². The van der Waals surface area contributed by atoms with Gasteiger partial charge in [0.1, 0.15) is 0 Å². The van der Waals surface area contributed by atoms with Crippen molar-refractivity contribution in [1.82, 2.24) is 5.43 Å². The number of carbonyl (C=O) groups is 1. The van der Waals surface area contributed by atoms with Gasteiger partial charge in [-0.1, -0.05) is 42.5 Å². The average molecular weight is 227 g/mol. The van der Waals surface area contributed by atoms with Crippen LogP contribution in [0.1, 0.15) is 5.56 Å². The van der Waals surface area contributed by atoms with Gasteiger partial charge >= 0.3 is 6.03 Å². The van der Waals surface area contributed by atoms with Crippen molar-refractivity contribution >= 4 is 23.0 Å². The van der Waals surface area contributed by atoms with Gasteiger partial charge in [0.05, 0.1) is 0 Å². The van der Waals surface area contributed by atoms with Crippen LogP contribution < -0.4 is 11.2 Å². The molecule has 0 heterocycles. The molecule has 0 aliphatic carbocycles. The van der Waals surface area contributed by atoms with E-state index in [4.69, 9.17) is 5.73 Å². The number of benzene rings is 2. The minimum atomic E-state index is -0.654. The van der Waals surface area contributed by atoms with Gasteiger partial charge in [-0.3, -0.25) is 0 Å². The van der Waals surface area contributed by atoms with Crippen LogP contribution in [0.5, 0.6) is 0 Å². The van der Waals surface area contributed by atoms with Gasteiger partial charge < -0.3 is 5.73 Å². The van der Waals surface area contributed by atoms with Gasteiger partial charge in [0, 0.05) is 12.6 Å².